The second kappa shape index (κ2) is 10.1. The van der Waals surface area contributed by atoms with Crippen LogP contribution in [0.15, 0.2) is 29.1 Å². The molecule has 0 atom stereocenters. The van der Waals surface area contributed by atoms with Crippen LogP contribution in [0.4, 0.5) is 0 Å². The zero-order valence-electron chi connectivity index (χ0n) is 18.5. The lowest BCUT2D eigenvalue weighted by molar-refractivity contribution is 0.274. The van der Waals surface area contributed by atoms with E-state index in [0.29, 0.717) is 19.7 Å². The van der Waals surface area contributed by atoms with Crippen molar-refractivity contribution in [2.45, 2.75) is 47.2 Å². The highest BCUT2D eigenvalue weighted by Gasteiger charge is 2.17. The Kier molecular flexibility index (Phi) is 7.50. The maximum Gasteiger partial charge on any atom is 0.262 e. The van der Waals surface area contributed by atoms with Gasteiger partial charge in [-0.15, -0.1) is 11.3 Å². The summed E-state index contributed by atoms with van der Waals surface area (Å²) < 4.78 is 12.9. The zero-order valence-corrected chi connectivity index (χ0v) is 19.3. The van der Waals surface area contributed by atoms with Gasteiger partial charge < -0.3 is 9.47 Å². The van der Waals surface area contributed by atoms with Gasteiger partial charge in [-0.2, -0.15) is 0 Å². The predicted octanol–water partition coefficient (Wildman–Crippen LogP) is 4.39. The predicted molar refractivity (Wildman–Crippen MR) is 123 cm³/mol. The zero-order chi connectivity index (χ0) is 21.7. The number of aromatic nitrogens is 2. The summed E-state index contributed by atoms with van der Waals surface area (Å²) >= 11 is 1.61. The average molecular weight is 430 g/mol. The van der Waals surface area contributed by atoms with Gasteiger partial charge in [-0.05, 0) is 63.2 Å². The molecule has 162 valence electrons. The average Bonchev–Trinajstić information content (AvgIpc) is 3.04. The van der Waals surface area contributed by atoms with Crippen LogP contribution in [-0.4, -0.2) is 41.3 Å². The Morgan fingerprint density at radius 3 is 2.40 bits per heavy atom. The third-order valence-electron chi connectivity index (χ3n) is 5.48. The second-order valence-corrected chi connectivity index (χ2v) is 8.49. The summed E-state index contributed by atoms with van der Waals surface area (Å²) in [5.74, 6) is 2.43. The molecule has 0 N–H and O–H groups in total. The molecule has 2 heterocycles. The lowest BCUT2D eigenvalue weighted by Crippen LogP contribution is -2.31. The fraction of sp³-hybridized carbons (Fsp3) is 0.478. The summed E-state index contributed by atoms with van der Waals surface area (Å²) in [5, 5.41) is 0.761. The molecule has 0 radical (unpaired) electrons. The van der Waals surface area contributed by atoms with Gasteiger partial charge in [0.25, 0.3) is 5.56 Å². The summed E-state index contributed by atoms with van der Waals surface area (Å²) in [6.07, 6.45) is 0.729. The monoisotopic (exact) mass is 429 g/mol. The molecule has 7 heteroatoms. The molecule has 0 aliphatic carbocycles. The summed E-state index contributed by atoms with van der Waals surface area (Å²) in [6, 6.07) is 7.53. The maximum absolute atomic E-state index is 13.3. The standard InChI is InChI=1S/C23H31N3O3S/c1-6-25(7-2)15-20-24-22-21(16(3)17(4)30-22)23(27)26(20)13-8-14-29-19-11-9-18(28-5)10-12-19/h9-12H,6-8,13-15H2,1-5H3. The highest BCUT2D eigenvalue weighted by molar-refractivity contribution is 7.18. The largest absolute Gasteiger partial charge is 0.497 e. The Morgan fingerprint density at radius 2 is 1.77 bits per heavy atom. The number of methoxy groups -OCH3 is 1. The van der Waals surface area contributed by atoms with Gasteiger partial charge in [0.05, 0.1) is 25.6 Å². The van der Waals surface area contributed by atoms with Gasteiger partial charge in [0.15, 0.2) is 0 Å². The summed E-state index contributed by atoms with van der Waals surface area (Å²) in [5.41, 5.74) is 1.11. The van der Waals surface area contributed by atoms with Gasteiger partial charge in [0.2, 0.25) is 0 Å². The van der Waals surface area contributed by atoms with E-state index in [0.717, 1.165) is 57.5 Å². The van der Waals surface area contributed by atoms with E-state index in [-0.39, 0.29) is 5.56 Å². The quantitative estimate of drug-likeness (QED) is 0.447. The SMILES string of the molecule is CCN(CC)Cc1nc2sc(C)c(C)c2c(=O)n1CCCOc1ccc(OC)cc1. The van der Waals surface area contributed by atoms with Crippen LogP contribution in [0.25, 0.3) is 10.2 Å². The molecule has 0 aliphatic heterocycles. The van der Waals surface area contributed by atoms with E-state index >= 15 is 0 Å². The van der Waals surface area contributed by atoms with Gasteiger partial charge in [0, 0.05) is 11.4 Å². The molecule has 0 amide bonds. The molecule has 0 spiro atoms. The fourth-order valence-electron chi connectivity index (χ4n) is 3.45. The molecule has 0 aliphatic rings. The first-order valence-electron chi connectivity index (χ1n) is 10.5. The van der Waals surface area contributed by atoms with Gasteiger partial charge in [-0.1, -0.05) is 13.8 Å². The molecule has 3 aromatic rings. The van der Waals surface area contributed by atoms with Crippen molar-refractivity contribution in [3.8, 4) is 11.5 Å². The first-order valence-corrected chi connectivity index (χ1v) is 11.3. The van der Waals surface area contributed by atoms with Crippen LogP contribution in [-0.2, 0) is 13.1 Å². The maximum atomic E-state index is 13.3. The molecule has 2 aromatic heterocycles. The topological polar surface area (TPSA) is 56.6 Å². The van der Waals surface area contributed by atoms with Gasteiger partial charge in [-0.25, -0.2) is 4.98 Å². The number of nitrogens with zero attached hydrogens (tertiary/aromatic N) is 3. The van der Waals surface area contributed by atoms with Crippen molar-refractivity contribution >= 4 is 21.6 Å². The minimum atomic E-state index is 0.0634. The Labute approximate surface area is 182 Å². The van der Waals surface area contributed by atoms with Crippen molar-refractivity contribution in [1.29, 1.82) is 0 Å². The van der Waals surface area contributed by atoms with Crippen molar-refractivity contribution < 1.29 is 9.47 Å². The van der Waals surface area contributed by atoms with Crippen LogP contribution in [0.3, 0.4) is 0 Å². The highest BCUT2D eigenvalue weighted by Crippen LogP contribution is 2.26. The highest BCUT2D eigenvalue weighted by atomic mass is 32.1. The summed E-state index contributed by atoms with van der Waals surface area (Å²) in [6.45, 7) is 12.0. The number of benzene rings is 1. The lowest BCUT2D eigenvalue weighted by atomic mass is 10.2. The van der Waals surface area contributed by atoms with Gasteiger partial charge in [0.1, 0.15) is 22.2 Å². The number of ether oxygens (including phenoxy) is 2. The number of rotatable bonds is 10. The second-order valence-electron chi connectivity index (χ2n) is 7.29. The number of fused-ring (bicyclic) bond motifs is 1. The Bertz CT molecular complexity index is 1040. The Morgan fingerprint density at radius 1 is 1.10 bits per heavy atom. The van der Waals surface area contributed by atoms with Crippen LogP contribution in [0, 0.1) is 13.8 Å². The Balaban J connectivity index is 1.80. The summed E-state index contributed by atoms with van der Waals surface area (Å²) in [4.78, 5) is 22.5. The van der Waals surface area contributed by atoms with E-state index < -0.39 is 0 Å². The molecule has 0 saturated carbocycles. The third kappa shape index (κ3) is 4.84. The number of hydrogen-bond donors (Lipinski definition) is 0. The molecule has 6 nitrogen and oxygen atoms in total. The number of thiophene rings is 1. The van der Waals surface area contributed by atoms with E-state index in [1.54, 1.807) is 18.4 Å². The minimum absolute atomic E-state index is 0.0634. The minimum Gasteiger partial charge on any atom is -0.497 e. The molecule has 0 unspecified atom stereocenters. The molecule has 0 saturated heterocycles. The molecule has 0 fully saturated rings. The van der Waals surface area contributed by atoms with E-state index in [1.165, 1.54) is 0 Å². The van der Waals surface area contributed by atoms with Crippen LogP contribution >= 0.6 is 11.3 Å². The molecule has 1 aromatic carbocycles. The fourth-order valence-corrected chi connectivity index (χ4v) is 4.49. The smallest absolute Gasteiger partial charge is 0.262 e. The van der Waals surface area contributed by atoms with E-state index in [1.807, 2.05) is 35.8 Å². The Hall–Kier alpha value is -2.38. The molecular weight excluding hydrogens is 398 g/mol. The van der Waals surface area contributed by atoms with Crippen molar-refractivity contribution in [2.75, 3.05) is 26.8 Å². The van der Waals surface area contributed by atoms with Crippen LogP contribution in [0.2, 0.25) is 0 Å². The van der Waals surface area contributed by atoms with E-state index in [9.17, 15) is 4.79 Å². The van der Waals surface area contributed by atoms with Crippen molar-refractivity contribution in [3.63, 3.8) is 0 Å². The van der Waals surface area contributed by atoms with E-state index in [4.69, 9.17) is 14.5 Å². The van der Waals surface area contributed by atoms with Crippen molar-refractivity contribution in [3.05, 3.63) is 50.9 Å². The molecule has 3 rings (SSSR count). The van der Waals surface area contributed by atoms with Crippen LogP contribution in [0.1, 0.15) is 36.5 Å². The third-order valence-corrected chi connectivity index (χ3v) is 6.58. The normalized spacial score (nSPS) is 11.4. The number of aryl methyl sites for hydroxylation is 2. The van der Waals surface area contributed by atoms with Crippen molar-refractivity contribution in [1.82, 2.24) is 14.5 Å². The van der Waals surface area contributed by atoms with Crippen LogP contribution < -0.4 is 15.0 Å². The first-order chi connectivity index (χ1) is 14.5. The number of hydrogen-bond acceptors (Lipinski definition) is 6. The molecular formula is C23H31N3O3S. The molecule has 0 bridgehead atoms. The summed E-state index contributed by atoms with van der Waals surface area (Å²) in [7, 11) is 1.64. The molecule has 30 heavy (non-hydrogen) atoms. The van der Waals surface area contributed by atoms with Crippen LogP contribution in [0.5, 0.6) is 11.5 Å². The first kappa shape index (κ1) is 22.3. The van der Waals surface area contributed by atoms with Gasteiger partial charge >= 0.3 is 0 Å². The van der Waals surface area contributed by atoms with E-state index in [2.05, 4.69) is 25.7 Å². The van der Waals surface area contributed by atoms with Gasteiger partial charge in [-0.3, -0.25) is 14.3 Å². The van der Waals surface area contributed by atoms with Crippen molar-refractivity contribution in [2.24, 2.45) is 0 Å². The lowest BCUT2D eigenvalue weighted by Gasteiger charge is -2.20.